The van der Waals surface area contributed by atoms with E-state index < -0.39 is 0 Å². The summed E-state index contributed by atoms with van der Waals surface area (Å²) >= 11 is 0. The van der Waals surface area contributed by atoms with Gasteiger partial charge in [-0.15, -0.1) is 0 Å². The summed E-state index contributed by atoms with van der Waals surface area (Å²) in [5, 5.41) is 0. The van der Waals surface area contributed by atoms with Crippen molar-refractivity contribution in [2.24, 2.45) is 0 Å². The summed E-state index contributed by atoms with van der Waals surface area (Å²) in [5.74, 6) is 0.843. The molecule has 0 aliphatic carbocycles. The number of amides is 1. The maximum atomic E-state index is 12.2. The van der Waals surface area contributed by atoms with Crippen LogP contribution in [0.3, 0.4) is 0 Å². The van der Waals surface area contributed by atoms with E-state index in [0.29, 0.717) is 13.1 Å². The summed E-state index contributed by atoms with van der Waals surface area (Å²) in [6.45, 7) is 4.19. The topological polar surface area (TPSA) is 38.8 Å². The molecule has 2 rings (SSSR count). The van der Waals surface area contributed by atoms with E-state index in [9.17, 15) is 4.79 Å². The van der Waals surface area contributed by atoms with Crippen molar-refractivity contribution in [1.29, 1.82) is 0 Å². The van der Waals surface area contributed by atoms with E-state index in [1.807, 2.05) is 42.2 Å². The van der Waals surface area contributed by atoms with Gasteiger partial charge in [-0.3, -0.25) is 4.79 Å². The number of carbonyl (C=O) groups excluding carboxylic acids is 1. The van der Waals surface area contributed by atoms with E-state index in [1.54, 1.807) is 13.2 Å². The second kappa shape index (κ2) is 7.84. The number of methoxy groups -OCH3 is 1. The molecule has 1 aliphatic heterocycles. The Morgan fingerprint density at radius 2 is 2.19 bits per heavy atom. The van der Waals surface area contributed by atoms with Gasteiger partial charge in [0.2, 0.25) is 5.91 Å². The predicted octanol–water partition coefficient (Wildman–Crippen LogP) is 2.74. The normalized spacial score (nSPS) is 18.1. The summed E-state index contributed by atoms with van der Waals surface area (Å²) in [7, 11) is 1.64. The molecule has 1 aliphatic rings. The van der Waals surface area contributed by atoms with E-state index in [2.05, 4.69) is 0 Å². The Hall–Kier alpha value is -1.81. The van der Waals surface area contributed by atoms with Crippen LogP contribution in [0.5, 0.6) is 5.75 Å². The highest BCUT2D eigenvalue weighted by molar-refractivity contribution is 5.91. The highest BCUT2D eigenvalue weighted by Gasteiger charge is 2.20. The minimum Gasteiger partial charge on any atom is -0.497 e. The van der Waals surface area contributed by atoms with Crippen LogP contribution in [-0.2, 0) is 9.53 Å². The minimum absolute atomic E-state index is 0.0313. The van der Waals surface area contributed by atoms with Crippen LogP contribution in [0, 0.1) is 0 Å². The molecule has 114 valence electrons. The summed E-state index contributed by atoms with van der Waals surface area (Å²) in [4.78, 5) is 14.0. The van der Waals surface area contributed by atoms with Gasteiger partial charge in [0.05, 0.1) is 13.2 Å². The molecule has 0 N–H and O–H groups in total. The smallest absolute Gasteiger partial charge is 0.246 e. The standard InChI is InChI=1S/C17H23NO3/c1-3-18(13-16-5-4-12-21-16)17(19)11-8-14-6-9-15(20-2)10-7-14/h6-11,16H,3-5,12-13H2,1-2H3/b11-8+. The lowest BCUT2D eigenvalue weighted by molar-refractivity contribution is -0.127. The molecular weight excluding hydrogens is 266 g/mol. The quantitative estimate of drug-likeness (QED) is 0.756. The highest BCUT2D eigenvalue weighted by Crippen LogP contribution is 2.14. The second-order valence-electron chi connectivity index (χ2n) is 5.12. The van der Waals surface area contributed by atoms with Crippen molar-refractivity contribution in [3.8, 4) is 5.75 Å². The fourth-order valence-electron chi connectivity index (χ4n) is 2.40. The van der Waals surface area contributed by atoms with Crippen LogP contribution in [0.15, 0.2) is 30.3 Å². The van der Waals surface area contributed by atoms with Crippen LogP contribution >= 0.6 is 0 Å². The number of carbonyl (C=O) groups is 1. The lowest BCUT2D eigenvalue weighted by Crippen LogP contribution is -2.36. The van der Waals surface area contributed by atoms with E-state index in [1.165, 1.54) is 0 Å². The molecule has 4 heteroatoms. The number of ether oxygens (including phenoxy) is 2. The van der Waals surface area contributed by atoms with Crippen LogP contribution in [0.25, 0.3) is 6.08 Å². The van der Waals surface area contributed by atoms with Gasteiger partial charge in [0.1, 0.15) is 5.75 Å². The molecule has 1 saturated heterocycles. The summed E-state index contributed by atoms with van der Waals surface area (Å²) in [5.41, 5.74) is 0.984. The first-order chi connectivity index (χ1) is 10.2. The van der Waals surface area contributed by atoms with Gasteiger partial charge >= 0.3 is 0 Å². The SMILES string of the molecule is CCN(CC1CCCO1)C(=O)/C=C/c1ccc(OC)cc1. The van der Waals surface area contributed by atoms with Crippen LogP contribution in [-0.4, -0.2) is 43.7 Å². The summed E-state index contributed by atoms with van der Waals surface area (Å²) in [6, 6.07) is 7.63. The van der Waals surface area contributed by atoms with Gasteiger partial charge in [0.25, 0.3) is 0 Å². The Morgan fingerprint density at radius 1 is 1.43 bits per heavy atom. The van der Waals surface area contributed by atoms with Crippen molar-refractivity contribution >= 4 is 12.0 Å². The maximum Gasteiger partial charge on any atom is 0.246 e. The number of hydrogen-bond acceptors (Lipinski definition) is 3. The molecule has 0 spiro atoms. The summed E-state index contributed by atoms with van der Waals surface area (Å²) < 4.78 is 10.7. The van der Waals surface area contributed by atoms with Crippen molar-refractivity contribution in [1.82, 2.24) is 4.90 Å². The fraction of sp³-hybridized carbons (Fsp3) is 0.471. The third-order valence-electron chi connectivity index (χ3n) is 3.68. The Morgan fingerprint density at radius 3 is 2.76 bits per heavy atom. The summed E-state index contributed by atoms with van der Waals surface area (Å²) in [6.07, 6.45) is 5.80. The molecule has 21 heavy (non-hydrogen) atoms. The van der Waals surface area contributed by atoms with Crippen LogP contribution in [0.1, 0.15) is 25.3 Å². The Kier molecular flexibility index (Phi) is 5.81. The highest BCUT2D eigenvalue weighted by atomic mass is 16.5. The van der Waals surface area contributed by atoms with Gasteiger partial charge in [-0.1, -0.05) is 12.1 Å². The average Bonchev–Trinajstić information content (AvgIpc) is 3.03. The maximum absolute atomic E-state index is 12.2. The molecule has 1 heterocycles. The molecule has 0 radical (unpaired) electrons. The lowest BCUT2D eigenvalue weighted by Gasteiger charge is -2.22. The molecule has 4 nitrogen and oxygen atoms in total. The third-order valence-corrected chi connectivity index (χ3v) is 3.68. The Balaban J connectivity index is 1.92. The molecule has 1 fully saturated rings. The van der Waals surface area contributed by atoms with Crippen LogP contribution in [0.4, 0.5) is 0 Å². The molecule has 1 amide bonds. The van der Waals surface area contributed by atoms with E-state index in [-0.39, 0.29) is 12.0 Å². The Labute approximate surface area is 126 Å². The first kappa shape index (κ1) is 15.6. The molecule has 1 atom stereocenters. The largest absolute Gasteiger partial charge is 0.497 e. The Bertz CT molecular complexity index is 475. The monoisotopic (exact) mass is 289 g/mol. The zero-order valence-electron chi connectivity index (χ0n) is 12.7. The van der Waals surface area contributed by atoms with E-state index in [0.717, 1.165) is 30.8 Å². The molecule has 1 unspecified atom stereocenters. The molecular formula is C17H23NO3. The van der Waals surface area contributed by atoms with Crippen LogP contribution < -0.4 is 4.74 Å². The lowest BCUT2D eigenvalue weighted by atomic mass is 10.2. The predicted molar refractivity (Wildman–Crippen MR) is 83.3 cm³/mol. The van der Waals surface area contributed by atoms with Gasteiger partial charge in [0, 0.05) is 25.8 Å². The van der Waals surface area contributed by atoms with Gasteiger partial charge in [-0.2, -0.15) is 0 Å². The molecule has 0 bridgehead atoms. The number of benzene rings is 1. The van der Waals surface area contributed by atoms with Crippen molar-refractivity contribution < 1.29 is 14.3 Å². The van der Waals surface area contributed by atoms with Crippen molar-refractivity contribution in [3.63, 3.8) is 0 Å². The average molecular weight is 289 g/mol. The van der Waals surface area contributed by atoms with Crippen molar-refractivity contribution in [3.05, 3.63) is 35.9 Å². The molecule has 0 saturated carbocycles. The number of hydrogen-bond donors (Lipinski definition) is 0. The van der Waals surface area contributed by atoms with Gasteiger partial charge in [0.15, 0.2) is 0 Å². The zero-order valence-corrected chi connectivity index (χ0v) is 12.7. The third kappa shape index (κ3) is 4.60. The van der Waals surface area contributed by atoms with Gasteiger partial charge in [-0.05, 0) is 43.5 Å². The second-order valence-corrected chi connectivity index (χ2v) is 5.12. The first-order valence-electron chi connectivity index (χ1n) is 7.45. The van der Waals surface area contributed by atoms with Crippen molar-refractivity contribution in [2.45, 2.75) is 25.9 Å². The number of rotatable bonds is 6. The van der Waals surface area contributed by atoms with Crippen LogP contribution in [0.2, 0.25) is 0 Å². The van der Waals surface area contributed by atoms with E-state index >= 15 is 0 Å². The zero-order chi connectivity index (χ0) is 15.1. The molecule has 1 aromatic carbocycles. The van der Waals surface area contributed by atoms with E-state index in [4.69, 9.17) is 9.47 Å². The molecule has 1 aromatic rings. The van der Waals surface area contributed by atoms with Gasteiger partial charge < -0.3 is 14.4 Å². The van der Waals surface area contributed by atoms with Crippen molar-refractivity contribution in [2.75, 3.05) is 26.8 Å². The molecule has 0 aromatic heterocycles. The fourth-order valence-corrected chi connectivity index (χ4v) is 2.40. The minimum atomic E-state index is 0.0313. The van der Waals surface area contributed by atoms with Gasteiger partial charge in [-0.25, -0.2) is 0 Å². The number of likely N-dealkylation sites (N-methyl/N-ethyl adjacent to an activating group) is 1. The first-order valence-corrected chi connectivity index (χ1v) is 7.45. The number of nitrogens with zero attached hydrogens (tertiary/aromatic N) is 1.